The number of anilines is 2. The highest BCUT2D eigenvalue weighted by Gasteiger charge is 2.21. The van der Waals surface area contributed by atoms with Crippen molar-refractivity contribution in [3.63, 3.8) is 0 Å². The summed E-state index contributed by atoms with van der Waals surface area (Å²) in [6.45, 7) is 0. The number of hydrogen-bond acceptors (Lipinski definition) is 5. The molecule has 0 bridgehead atoms. The largest absolute Gasteiger partial charge is 0.316 e. The predicted octanol–water partition coefficient (Wildman–Crippen LogP) is 5.06. The van der Waals surface area contributed by atoms with E-state index in [1.807, 2.05) is 0 Å². The summed E-state index contributed by atoms with van der Waals surface area (Å²) in [5.74, 6) is -0.782. The highest BCUT2D eigenvalue weighted by Crippen LogP contribution is 2.27. The summed E-state index contributed by atoms with van der Waals surface area (Å²) < 4.78 is 28.6. The number of amides is 1. The molecule has 1 amide bonds. The van der Waals surface area contributed by atoms with Crippen LogP contribution in [0.1, 0.15) is 10.4 Å². The Morgan fingerprint density at radius 2 is 1.70 bits per heavy atom. The van der Waals surface area contributed by atoms with E-state index in [0.29, 0.717) is 5.69 Å². The van der Waals surface area contributed by atoms with Crippen LogP contribution in [0.25, 0.3) is 0 Å². The van der Waals surface area contributed by atoms with Crippen molar-refractivity contribution < 1.29 is 18.1 Å². The molecule has 0 aromatic heterocycles. The third-order valence-electron chi connectivity index (χ3n) is 3.94. The van der Waals surface area contributed by atoms with Crippen molar-refractivity contribution in [2.24, 2.45) is 0 Å². The molecule has 0 unspecified atom stereocenters. The number of para-hydroxylation sites is 2. The predicted molar refractivity (Wildman–Crippen MR) is 117 cm³/mol. The first-order valence-corrected chi connectivity index (χ1v) is 11.0. The fourth-order valence-corrected chi connectivity index (χ4v) is 4.06. The minimum atomic E-state index is -4.01. The Hall–Kier alpha value is -2.95. The summed E-state index contributed by atoms with van der Waals surface area (Å²) in [4.78, 5) is 22.9. The van der Waals surface area contributed by atoms with Gasteiger partial charge in [-0.1, -0.05) is 39.7 Å². The first-order valence-electron chi connectivity index (χ1n) is 8.30. The monoisotopic (exact) mass is 509 g/mol. The molecule has 11 heteroatoms. The van der Waals surface area contributed by atoms with Crippen LogP contribution in [0.5, 0.6) is 0 Å². The van der Waals surface area contributed by atoms with Crippen LogP contribution in [0.15, 0.2) is 76.1 Å². The quantitative estimate of drug-likeness (QED) is 0.355. The van der Waals surface area contributed by atoms with Crippen molar-refractivity contribution in [3.8, 4) is 0 Å². The summed E-state index contributed by atoms with van der Waals surface area (Å²) in [7, 11) is -4.01. The number of carbonyl (C=O) groups is 1. The maximum Gasteiger partial charge on any atom is 0.292 e. The lowest BCUT2D eigenvalue weighted by atomic mass is 10.2. The number of carbonyl (C=O) groups excluding carboxylic acids is 1. The van der Waals surface area contributed by atoms with Gasteiger partial charge in [0.05, 0.1) is 20.4 Å². The molecule has 0 aliphatic carbocycles. The van der Waals surface area contributed by atoms with Crippen molar-refractivity contribution in [1.29, 1.82) is 0 Å². The van der Waals surface area contributed by atoms with Crippen LogP contribution in [-0.2, 0) is 10.0 Å². The molecule has 2 N–H and O–H groups in total. The van der Waals surface area contributed by atoms with E-state index in [4.69, 9.17) is 11.6 Å². The highest BCUT2D eigenvalue weighted by atomic mass is 79.9. The first kappa shape index (κ1) is 21.8. The first-order chi connectivity index (χ1) is 14.2. The van der Waals surface area contributed by atoms with E-state index in [2.05, 4.69) is 26.0 Å². The van der Waals surface area contributed by atoms with Gasteiger partial charge in [0, 0.05) is 16.2 Å². The zero-order valence-corrected chi connectivity index (χ0v) is 18.2. The molecule has 0 heterocycles. The van der Waals surface area contributed by atoms with E-state index < -0.39 is 20.9 Å². The van der Waals surface area contributed by atoms with Crippen LogP contribution >= 0.6 is 27.5 Å². The van der Waals surface area contributed by atoms with Gasteiger partial charge in [-0.15, -0.1) is 0 Å². The zero-order valence-electron chi connectivity index (χ0n) is 15.0. The van der Waals surface area contributed by atoms with E-state index in [0.717, 1.165) is 10.5 Å². The lowest BCUT2D eigenvalue weighted by Gasteiger charge is -2.11. The number of nitro benzene ring substituents is 1. The highest BCUT2D eigenvalue weighted by molar-refractivity contribution is 9.10. The number of nitrogens with zero attached hydrogens (tertiary/aromatic N) is 1. The van der Waals surface area contributed by atoms with E-state index in [1.165, 1.54) is 36.4 Å². The van der Waals surface area contributed by atoms with Crippen LogP contribution in [0.4, 0.5) is 17.1 Å². The van der Waals surface area contributed by atoms with Gasteiger partial charge in [-0.25, -0.2) is 8.42 Å². The SMILES string of the molecule is O=C(Nc1ccccc1[N+](=O)[O-])c1cc(S(=O)(=O)Nc2ccc(Br)cc2)ccc1Cl. The van der Waals surface area contributed by atoms with Gasteiger partial charge in [0.2, 0.25) is 0 Å². The topological polar surface area (TPSA) is 118 Å². The summed E-state index contributed by atoms with van der Waals surface area (Å²) in [6.07, 6.45) is 0. The molecule has 30 heavy (non-hydrogen) atoms. The number of rotatable bonds is 6. The van der Waals surface area contributed by atoms with Crippen molar-refractivity contribution in [2.45, 2.75) is 4.90 Å². The van der Waals surface area contributed by atoms with Gasteiger partial charge in [-0.2, -0.15) is 0 Å². The minimum absolute atomic E-state index is 0.00586. The average Bonchev–Trinajstić information content (AvgIpc) is 2.70. The molecule has 0 aliphatic heterocycles. The molecule has 0 aliphatic rings. The van der Waals surface area contributed by atoms with Crippen LogP contribution in [-0.4, -0.2) is 19.2 Å². The molecule has 0 spiro atoms. The molecule has 3 aromatic rings. The second-order valence-corrected chi connectivity index (χ2v) is 8.99. The van der Waals surface area contributed by atoms with E-state index in [1.54, 1.807) is 24.3 Å². The Kier molecular flexibility index (Phi) is 6.40. The molecule has 154 valence electrons. The molecule has 0 atom stereocenters. The molecular formula is C19H13BrClN3O5S. The standard InChI is InChI=1S/C19H13BrClN3O5S/c20-12-5-7-13(8-6-12)23-30(28,29)14-9-10-16(21)15(11-14)19(25)22-17-3-1-2-4-18(17)24(26)27/h1-11,23H,(H,22,25). The van der Waals surface area contributed by atoms with Gasteiger partial charge in [0.25, 0.3) is 21.6 Å². The molecule has 3 rings (SSSR count). The summed E-state index contributed by atoms with van der Waals surface area (Å²) >= 11 is 9.34. The summed E-state index contributed by atoms with van der Waals surface area (Å²) in [5.41, 5.74) is -0.153. The van der Waals surface area contributed by atoms with E-state index in [-0.39, 0.29) is 26.9 Å². The van der Waals surface area contributed by atoms with Gasteiger partial charge in [0.1, 0.15) is 5.69 Å². The lowest BCUT2D eigenvalue weighted by molar-refractivity contribution is -0.383. The third-order valence-corrected chi connectivity index (χ3v) is 6.18. The normalized spacial score (nSPS) is 11.0. The Labute approximate surface area is 185 Å². The number of nitrogens with one attached hydrogen (secondary N) is 2. The molecule has 0 saturated heterocycles. The Bertz CT molecular complexity index is 1230. The Balaban J connectivity index is 1.90. The summed E-state index contributed by atoms with van der Waals surface area (Å²) in [5, 5.41) is 13.5. The van der Waals surface area contributed by atoms with Gasteiger partial charge < -0.3 is 5.32 Å². The molecular weight excluding hydrogens is 498 g/mol. The number of hydrogen-bond donors (Lipinski definition) is 2. The lowest BCUT2D eigenvalue weighted by Crippen LogP contribution is -2.17. The molecule has 0 fully saturated rings. The maximum atomic E-state index is 12.7. The summed E-state index contributed by atoms with van der Waals surface area (Å²) in [6, 6.07) is 15.7. The average molecular weight is 511 g/mol. The number of halogens is 2. The Morgan fingerprint density at radius 1 is 1.03 bits per heavy atom. The van der Waals surface area contributed by atoms with Gasteiger partial charge in [0.15, 0.2) is 0 Å². The van der Waals surface area contributed by atoms with E-state index >= 15 is 0 Å². The fraction of sp³-hybridized carbons (Fsp3) is 0. The van der Waals surface area contributed by atoms with Crippen molar-refractivity contribution >= 4 is 60.5 Å². The Morgan fingerprint density at radius 3 is 2.37 bits per heavy atom. The van der Waals surface area contributed by atoms with Crippen LogP contribution in [0.2, 0.25) is 5.02 Å². The van der Waals surface area contributed by atoms with Crippen LogP contribution in [0, 0.1) is 10.1 Å². The molecule has 3 aromatic carbocycles. The minimum Gasteiger partial charge on any atom is -0.316 e. The maximum absolute atomic E-state index is 12.7. The molecule has 0 radical (unpaired) electrons. The number of benzene rings is 3. The fourth-order valence-electron chi connectivity index (χ4n) is 2.51. The number of sulfonamides is 1. The second-order valence-electron chi connectivity index (χ2n) is 5.98. The van der Waals surface area contributed by atoms with Crippen LogP contribution in [0.3, 0.4) is 0 Å². The van der Waals surface area contributed by atoms with Gasteiger partial charge in [-0.05, 0) is 48.5 Å². The van der Waals surface area contributed by atoms with Gasteiger partial charge in [-0.3, -0.25) is 19.6 Å². The molecule has 0 saturated carbocycles. The second kappa shape index (κ2) is 8.82. The van der Waals surface area contributed by atoms with Crippen molar-refractivity contribution in [3.05, 3.63) is 91.9 Å². The third kappa shape index (κ3) is 4.96. The molecule has 8 nitrogen and oxygen atoms in total. The smallest absolute Gasteiger partial charge is 0.292 e. The van der Waals surface area contributed by atoms with E-state index in [9.17, 15) is 23.3 Å². The van der Waals surface area contributed by atoms with Gasteiger partial charge >= 0.3 is 0 Å². The van der Waals surface area contributed by atoms with Crippen LogP contribution < -0.4 is 10.0 Å². The van der Waals surface area contributed by atoms with Crippen molar-refractivity contribution in [1.82, 2.24) is 0 Å². The number of nitro groups is 1. The van der Waals surface area contributed by atoms with Crippen molar-refractivity contribution in [2.75, 3.05) is 10.0 Å². The zero-order chi connectivity index (χ0) is 21.9.